The Balaban J connectivity index is 1.78. The van der Waals surface area contributed by atoms with Gasteiger partial charge in [0.05, 0.1) is 10.6 Å². The van der Waals surface area contributed by atoms with Gasteiger partial charge in [0.15, 0.2) is 6.61 Å². The van der Waals surface area contributed by atoms with Crippen LogP contribution in [-0.2, 0) is 14.3 Å². The van der Waals surface area contributed by atoms with Crippen molar-refractivity contribution in [3.63, 3.8) is 0 Å². The average Bonchev–Trinajstić information content (AvgIpc) is 2.65. The van der Waals surface area contributed by atoms with Crippen LogP contribution in [0.15, 0.2) is 46.9 Å². The number of nitrogens with zero attached hydrogens (tertiary/aromatic N) is 1. The van der Waals surface area contributed by atoms with Crippen molar-refractivity contribution in [3.05, 3.63) is 68.2 Å². The molecule has 28 heavy (non-hydrogen) atoms. The Morgan fingerprint density at radius 1 is 1.18 bits per heavy atom. The van der Waals surface area contributed by atoms with Gasteiger partial charge in [-0.15, -0.1) is 0 Å². The first-order valence-corrected chi connectivity index (χ1v) is 8.80. The number of nitro benzene ring substituents is 1. The van der Waals surface area contributed by atoms with E-state index in [1.165, 1.54) is 18.2 Å². The number of rotatable bonds is 7. The summed E-state index contributed by atoms with van der Waals surface area (Å²) in [4.78, 5) is 45.6. The lowest BCUT2D eigenvalue weighted by Gasteiger charge is -2.09. The van der Waals surface area contributed by atoms with E-state index in [9.17, 15) is 24.5 Å². The van der Waals surface area contributed by atoms with Crippen molar-refractivity contribution in [2.45, 2.75) is 6.92 Å². The molecule has 0 bridgehead atoms. The lowest BCUT2D eigenvalue weighted by atomic mass is 10.1. The lowest BCUT2D eigenvalue weighted by molar-refractivity contribution is -0.384. The molecular weight excluding hydrogens is 434 g/mol. The molecular formula is C18H16BrN3O6. The number of hydrogen-bond donors (Lipinski definition) is 2. The maximum atomic E-state index is 11.9. The second kappa shape index (κ2) is 9.60. The highest BCUT2D eigenvalue weighted by Gasteiger charge is 2.14. The molecule has 0 unspecified atom stereocenters. The molecule has 0 saturated carbocycles. The van der Waals surface area contributed by atoms with Crippen LogP contribution in [0.4, 0.5) is 11.4 Å². The number of anilines is 1. The molecule has 9 nitrogen and oxygen atoms in total. The van der Waals surface area contributed by atoms with E-state index in [0.717, 1.165) is 5.56 Å². The van der Waals surface area contributed by atoms with Gasteiger partial charge >= 0.3 is 5.97 Å². The summed E-state index contributed by atoms with van der Waals surface area (Å²) in [6, 6.07) is 10.7. The molecule has 0 radical (unpaired) electrons. The van der Waals surface area contributed by atoms with Crippen molar-refractivity contribution in [1.29, 1.82) is 0 Å². The molecule has 0 aliphatic carbocycles. The number of benzene rings is 2. The third-order valence-corrected chi connectivity index (χ3v) is 4.13. The minimum absolute atomic E-state index is 0.138. The number of halogens is 1. The SMILES string of the molecule is Cc1cccc(C(=O)NCC(=O)OCC(=O)Nc2ccc([N+](=O)[O-])cc2Br)c1. The molecule has 2 N–H and O–H groups in total. The Bertz CT molecular complexity index is 931. The van der Waals surface area contributed by atoms with Crippen LogP contribution in [-0.4, -0.2) is 35.9 Å². The third-order valence-electron chi connectivity index (χ3n) is 3.48. The fraction of sp³-hybridized carbons (Fsp3) is 0.167. The van der Waals surface area contributed by atoms with E-state index in [0.29, 0.717) is 15.7 Å². The smallest absolute Gasteiger partial charge is 0.325 e. The zero-order valence-electron chi connectivity index (χ0n) is 14.7. The molecule has 0 aromatic heterocycles. The molecule has 146 valence electrons. The van der Waals surface area contributed by atoms with Crippen molar-refractivity contribution in [3.8, 4) is 0 Å². The van der Waals surface area contributed by atoms with Crippen molar-refractivity contribution in [2.24, 2.45) is 0 Å². The Hall–Kier alpha value is -3.27. The standard InChI is InChI=1S/C18H16BrN3O6/c1-11-3-2-4-12(7-11)18(25)20-9-17(24)28-10-16(23)21-15-6-5-13(22(26)27)8-14(15)19/h2-8H,9-10H2,1H3,(H,20,25)(H,21,23). The molecule has 0 aliphatic rings. The highest BCUT2D eigenvalue weighted by molar-refractivity contribution is 9.10. The number of aryl methyl sites for hydroxylation is 1. The molecule has 2 aromatic carbocycles. The monoisotopic (exact) mass is 449 g/mol. The summed E-state index contributed by atoms with van der Waals surface area (Å²) < 4.78 is 5.11. The molecule has 2 aromatic rings. The predicted octanol–water partition coefficient (Wildman–Crippen LogP) is 2.58. The minimum Gasteiger partial charge on any atom is -0.454 e. The number of nitro groups is 1. The summed E-state index contributed by atoms with van der Waals surface area (Å²) in [5.74, 6) is -1.84. The van der Waals surface area contributed by atoms with Crippen LogP contribution < -0.4 is 10.6 Å². The van der Waals surface area contributed by atoms with Gasteiger partial charge in [-0.3, -0.25) is 24.5 Å². The lowest BCUT2D eigenvalue weighted by Crippen LogP contribution is -2.32. The number of non-ortho nitro benzene ring substituents is 1. The first-order chi connectivity index (χ1) is 13.3. The molecule has 0 atom stereocenters. The summed E-state index contributed by atoms with van der Waals surface area (Å²) >= 11 is 3.12. The number of nitrogens with one attached hydrogen (secondary N) is 2. The molecule has 0 fully saturated rings. The van der Waals surface area contributed by atoms with Crippen LogP contribution in [0.3, 0.4) is 0 Å². The van der Waals surface area contributed by atoms with E-state index in [4.69, 9.17) is 4.74 Å². The molecule has 0 heterocycles. The second-order valence-electron chi connectivity index (χ2n) is 5.68. The zero-order chi connectivity index (χ0) is 20.7. The third kappa shape index (κ3) is 6.16. The summed E-state index contributed by atoms with van der Waals surface area (Å²) in [5, 5.41) is 15.6. The van der Waals surface area contributed by atoms with Gasteiger partial charge in [-0.1, -0.05) is 17.7 Å². The van der Waals surface area contributed by atoms with Crippen LogP contribution in [0.5, 0.6) is 0 Å². The van der Waals surface area contributed by atoms with Gasteiger partial charge in [0, 0.05) is 22.2 Å². The second-order valence-corrected chi connectivity index (χ2v) is 6.54. The topological polar surface area (TPSA) is 128 Å². The van der Waals surface area contributed by atoms with E-state index in [-0.39, 0.29) is 12.2 Å². The Morgan fingerprint density at radius 2 is 1.93 bits per heavy atom. The van der Waals surface area contributed by atoms with Crippen molar-refractivity contribution in [2.75, 3.05) is 18.5 Å². The fourth-order valence-electron chi connectivity index (χ4n) is 2.14. The fourth-order valence-corrected chi connectivity index (χ4v) is 2.61. The van der Waals surface area contributed by atoms with E-state index in [1.54, 1.807) is 18.2 Å². The summed E-state index contributed by atoms with van der Waals surface area (Å²) in [6.45, 7) is 0.886. The van der Waals surface area contributed by atoms with Gasteiger partial charge < -0.3 is 15.4 Å². The van der Waals surface area contributed by atoms with Gasteiger partial charge in [0.1, 0.15) is 6.54 Å². The van der Waals surface area contributed by atoms with E-state index in [2.05, 4.69) is 26.6 Å². The van der Waals surface area contributed by atoms with E-state index >= 15 is 0 Å². The number of esters is 1. The van der Waals surface area contributed by atoms with Gasteiger partial charge in [0.2, 0.25) is 0 Å². The predicted molar refractivity (Wildman–Crippen MR) is 104 cm³/mol. The normalized spacial score (nSPS) is 10.1. The van der Waals surface area contributed by atoms with Gasteiger partial charge in [-0.25, -0.2) is 0 Å². The number of carbonyl (C=O) groups is 3. The molecule has 2 amide bonds. The Labute approximate surface area is 168 Å². The molecule has 2 rings (SSSR count). The van der Waals surface area contributed by atoms with E-state index < -0.39 is 29.3 Å². The maximum absolute atomic E-state index is 11.9. The zero-order valence-corrected chi connectivity index (χ0v) is 16.3. The molecule has 0 aliphatic heterocycles. The number of carbonyl (C=O) groups excluding carboxylic acids is 3. The van der Waals surface area contributed by atoms with Crippen LogP contribution >= 0.6 is 15.9 Å². The Morgan fingerprint density at radius 3 is 2.57 bits per heavy atom. The number of amides is 2. The largest absolute Gasteiger partial charge is 0.454 e. The van der Waals surface area contributed by atoms with Crippen LogP contribution in [0.1, 0.15) is 15.9 Å². The van der Waals surface area contributed by atoms with Gasteiger partial charge in [-0.05, 0) is 41.1 Å². The van der Waals surface area contributed by atoms with E-state index in [1.807, 2.05) is 13.0 Å². The summed E-state index contributed by atoms with van der Waals surface area (Å²) in [7, 11) is 0. The quantitative estimate of drug-likeness (QED) is 0.379. The van der Waals surface area contributed by atoms with Crippen molar-refractivity contribution < 1.29 is 24.0 Å². The van der Waals surface area contributed by atoms with Crippen LogP contribution in [0, 0.1) is 17.0 Å². The van der Waals surface area contributed by atoms with Crippen molar-refractivity contribution >= 4 is 45.1 Å². The highest BCUT2D eigenvalue weighted by atomic mass is 79.9. The van der Waals surface area contributed by atoms with Crippen LogP contribution in [0.2, 0.25) is 0 Å². The molecule has 0 saturated heterocycles. The number of hydrogen-bond acceptors (Lipinski definition) is 6. The number of ether oxygens (including phenoxy) is 1. The molecule has 10 heteroatoms. The summed E-state index contributed by atoms with van der Waals surface area (Å²) in [6.07, 6.45) is 0. The van der Waals surface area contributed by atoms with Gasteiger partial charge in [0.25, 0.3) is 17.5 Å². The van der Waals surface area contributed by atoms with Gasteiger partial charge in [-0.2, -0.15) is 0 Å². The maximum Gasteiger partial charge on any atom is 0.325 e. The first kappa shape index (κ1) is 21.0. The van der Waals surface area contributed by atoms with Crippen molar-refractivity contribution in [1.82, 2.24) is 5.32 Å². The summed E-state index contributed by atoms with van der Waals surface area (Å²) in [5.41, 5.74) is 1.47. The first-order valence-electron chi connectivity index (χ1n) is 8.00. The van der Waals surface area contributed by atoms with Crippen LogP contribution in [0.25, 0.3) is 0 Å². The minimum atomic E-state index is -0.779. The Kier molecular flexibility index (Phi) is 7.21. The average molecular weight is 450 g/mol. The molecule has 0 spiro atoms. The highest BCUT2D eigenvalue weighted by Crippen LogP contribution is 2.26.